The summed E-state index contributed by atoms with van der Waals surface area (Å²) in [6.07, 6.45) is 4.23. The van der Waals surface area contributed by atoms with Gasteiger partial charge in [-0.05, 0) is 36.8 Å². The molecule has 1 rings (SSSR count). The summed E-state index contributed by atoms with van der Waals surface area (Å²) in [7, 11) is 0. The second-order valence-corrected chi connectivity index (χ2v) is 5.04. The summed E-state index contributed by atoms with van der Waals surface area (Å²) in [4.78, 5) is 0. The van der Waals surface area contributed by atoms with E-state index in [0.717, 1.165) is 19.4 Å². The first-order valence-electron chi connectivity index (χ1n) is 6.56. The summed E-state index contributed by atoms with van der Waals surface area (Å²) >= 11 is 0. The Kier molecular flexibility index (Phi) is 5.99. The molecule has 0 radical (unpaired) electrons. The van der Waals surface area contributed by atoms with Crippen LogP contribution in [0.4, 0.5) is 0 Å². The monoisotopic (exact) mass is 231 g/mol. The second-order valence-electron chi connectivity index (χ2n) is 5.04. The molecule has 1 nitrogen and oxygen atoms in total. The average Bonchev–Trinajstić information content (AvgIpc) is 2.34. The Morgan fingerprint density at radius 3 is 2.35 bits per heavy atom. The third-order valence-electron chi connectivity index (χ3n) is 3.10. The highest BCUT2D eigenvalue weighted by Gasteiger charge is 2.01. The number of allylic oxidation sites excluding steroid dienone is 1. The highest BCUT2D eigenvalue weighted by molar-refractivity contribution is 5.24. The van der Waals surface area contributed by atoms with Gasteiger partial charge in [0, 0.05) is 12.6 Å². The van der Waals surface area contributed by atoms with E-state index in [1.165, 1.54) is 11.1 Å². The first-order chi connectivity index (χ1) is 8.13. The molecule has 0 spiro atoms. The van der Waals surface area contributed by atoms with E-state index in [9.17, 15) is 0 Å². The van der Waals surface area contributed by atoms with Crippen molar-refractivity contribution in [1.29, 1.82) is 0 Å². The van der Waals surface area contributed by atoms with E-state index < -0.39 is 0 Å². The van der Waals surface area contributed by atoms with E-state index >= 15 is 0 Å². The summed E-state index contributed by atoms with van der Waals surface area (Å²) in [5.74, 6) is 0.614. The van der Waals surface area contributed by atoms with Gasteiger partial charge in [-0.25, -0.2) is 0 Å². The number of hydrogen-bond acceptors (Lipinski definition) is 1. The van der Waals surface area contributed by atoms with Crippen LogP contribution in [0.1, 0.15) is 50.7 Å². The summed E-state index contributed by atoms with van der Waals surface area (Å²) in [6.45, 7) is 11.4. The molecule has 0 saturated carbocycles. The van der Waals surface area contributed by atoms with Crippen molar-refractivity contribution >= 4 is 0 Å². The van der Waals surface area contributed by atoms with Crippen LogP contribution in [0.25, 0.3) is 0 Å². The van der Waals surface area contributed by atoms with Crippen LogP contribution >= 0.6 is 0 Å². The minimum Gasteiger partial charge on any atom is -0.310 e. The van der Waals surface area contributed by atoms with Crippen molar-refractivity contribution in [2.24, 2.45) is 0 Å². The lowest BCUT2D eigenvalue weighted by Gasteiger charge is -2.13. The smallest absolute Gasteiger partial charge is 0.0207 e. The van der Waals surface area contributed by atoms with Gasteiger partial charge in [-0.1, -0.05) is 44.2 Å². The second kappa shape index (κ2) is 7.29. The van der Waals surface area contributed by atoms with Crippen LogP contribution in [-0.2, 0) is 6.54 Å². The molecule has 0 aromatic heterocycles. The molecule has 1 N–H and O–H groups in total. The standard InChI is InChI=1S/C16H25N/c1-5-6-7-14(4)17-12-15-8-10-16(11-9-15)13(2)3/h5,8-11,13-14,17H,1,6-7,12H2,2-4H3. The quantitative estimate of drug-likeness (QED) is 0.692. The van der Waals surface area contributed by atoms with E-state index in [1.807, 2.05) is 6.08 Å². The number of nitrogens with one attached hydrogen (secondary N) is 1. The summed E-state index contributed by atoms with van der Waals surface area (Å²) in [5, 5.41) is 3.53. The van der Waals surface area contributed by atoms with Gasteiger partial charge < -0.3 is 5.32 Å². The normalized spacial score (nSPS) is 12.7. The molecule has 1 aromatic rings. The van der Waals surface area contributed by atoms with Crippen molar-refractivity contribution < 1.29 is 0 Å². The van der Waals surface area contributed by atoms with Crippen LogP contribution < -0.4 is 5.32 Å². The number of hydrogen-bond donors (Lipinski definition) is 1. The fourth-order valence-electron chi connectivity index (χ4n) is 1.78. The van der Waals surface area contributed by atoms with Crippen LogP contribution in [0.15, 0.2) is 36.9 Å². The van der Waals surface area contributed by atoms with Crippen molar-refractivity contribution in [3.63, 3.8) is 0 Å². The van der Waals surface area contributed by atoms with Crippen molar-refractivity contribution in [2.75, 3.05) is 0 Å². The minimum atomic E-state index is 0.553. The predicted octanol–water partition coefficient (Wildman–Crippen LogP) is 4.25. The molecule has 1 unspecified atom stereocenters. The van der Waals surface area contributed by atoms with Gasteiger partial charge in [-0.15, -0.1) is 6.58 Å². The van der Waals surface area contributed by atoms with Gasteiger partial charge in [0.1, 0.15) is 0 Å². The average molecular weight is 231 g/mol. The zero-order valence-corrected chi connectivity index (χ0v) is 11.4. The van der Waals surface area contributed by atoms with E-state index in [2.05, 4.69) is 56.9 Å². The third kappa shape index (κ3) is 5.18. The van der Waals surface area contributed by atoms with Crippen molar-refractivity contribution in [2.45, 2.75) is 52.1 Å². The highest BCUT2D eigenvalue weighted by atomic mass is 14.9. The SMILES string of the molecule is C=CCCC(C)NCc1ccc(C(C)C)cc1. The maximum absolute atomic E-state index is 3.75. The molecule has 0 amide bonds. The first-order valence-corrected chi connectivity index (χ1v) is 6.56. The minimum absolute atomic E-state index is 0.553. The maximum Gasteiger partial charge on any atom is 0.0207 e. The van der Waals surface area contributed by atoms with Gasteiger partial charge >= 0.3 is 0 Å². The molecule has 94 valence electrons. The lowest BCUT2D eigenvalue weighted by molar-refractivity contribution is 0.518. The lowest BCUT2D eigenvalue weighted by atomic mass is 10.0. The fourth-order valence-corrected chi connectivity index (χ4v) is 1.78. The molecule has 1 heteroatoms. The molecule has 0 saturated heterocycles. The molecule has 1 atom stereocenters. The summed E-state index contributed by atoms with van der Waals surface area (Å²) < 4.78 is 0. The zero-order chi connectivity index (χ0) is 12.7. The molecule has 0 fully saturated rings. The Hall–Kier alpha value is -1.08. The van der Waals surface area contributed by atoms with E-state index in [-0.39, 0.29) is 0 Å². The molecule has 0 aliphatic rings. The molecule has 17 heavy (non-hydrogen) atoms. The van der Waals surface area contributed by atoms with Crippen LogP contribution in [0.2, 0.25) is 0 Å². The number of rotatable bonds is 7. The molecular formula is C16H25N. The molecule has 0 heterocycles. The molecule has 1 aromatic carbocycles. The Morgan fingerprint density at radius 2 is 1.82 bits per heavy atom. The lowest BCUT2D eigenvalue weighted by Crippen LogP contribution is -2.25. The van der Waals surface area contributed by atoms with Gasteiger partial charge in [0.15, 0.2) is 0 Å². The van der Waals surface area contributed by atoms with Gasteiger partial charge in [-0.3, -0.25) is 0 Å². The fraction of sp³-hybridized carbons (Fsp3) is 0.500. The summed E-state index contributed by atoms with van der Waals surface area (Å²) in [6, 6.07) is 9.47. The summed E-state index contributed by atoms with van der Waals surface area (Å²) in [5.41, 5.74) is 2.77. The van der Waals surface area contributed by atoms with Gasteiger partial charge in [0.2, 0.25) is 0 Å². The first kappa shape index (κ1) is 14.0. The van der Waals surface area contributed by atoms with E-state index in [4.69, 9.17) is 0 Å². The largest absolute Gasteiger partial charge is 0.310 e. The highest BCUT2D eigenvalue weighted by Crippen LogP contribution is 2.14. The zero-order valence-electron chi connectivity index (χ0n) is 11.4. The maximum atomic E-state index is 3.75. The molecule has 0 aliphatic heterocycles. The van der Waals surface area contributed by atoms with Crippen LogP contribution in [-0.4, -0.2) is 6.04 Å². The Labute approximate surface area is 106 Å². The van der Waals surface area contributed by atoms with E-state index in [1.54, 1.807) is 0 Å². The van der Waals surface area contributed by atoms with Crippen molar-refractivity contribution in [3.05, 3.63) is 48.0 Å². The Balaban J connectivity index is 2.39. The van der Waals surface area contributed by atoms with E-state index in [0.29, 0.717) is 12.0 Å². The van der Waals surface area contributed by atoms with Gasteiger partial charge in [0.05, 0.1) is 0 Å². The van der Waals surface area contributed by atoms with Gasteiger partial charge in [-0.2, -0.15) is 0 Å². The molecular weight excluding hydrogens is 206 g/mol. The predicted molar refractivity (Wildman–Crippen MR) is 76.3 cm³/mol. The van der Waals surface area contributed by atoms with Crippen molar-refractivity contribution in [1.82, 2.24) is 5.32 Å². The molecule has 0 aliphatic carbocycles. The van der Waals surface area contributed by atoms with Crippen LogP contribution in [0.5, 0.6) is 0 Å². The van der Waals surface area contributed by atoms with Crippen LogP contribution in [0.3, 0.4) is 0 Å². The van der Waals surface area contributed by atoms with Gasteiger partial charge in [0.25, 0.3) is 0 Å². The number of benzene rings is 1. The van der Waals surface area contributed by atoms with Crippen LogP contribution in [0, 0.1) is 0 Å². The van der Waals surface area contributed by atoms with Crippen molar-refractivity contribution in [3.8, 4) is 0 Å². The topological polar surface area (TPSA) is 12.0 Å². The molecule has 0 bridgehead atoms. The Morgan fingerprint density at radius 1 is 1.18 bits per heavy atom. The third-order valence-corrected chi connectivity index (χ3v) is 3.10. The Bertz CT molecular complexity index is 324.